The Morgan fingerprint density at radius 1 is 1.14 bits per heavy atom. The van der Waals surface area contributed by atoms with E-state index in [1.165, 1.54) is 5.56 Å². The van der Waals surface area contributed by atoms with Crippen LogP contribution in [0.3, 0.4) is 0 Å². The molecule has 1 aliphatic heterocycles. The second-order valence-electron chi connectivity index (χ2n) is 5.40. The van der Waals surface area contributed by atoms with Gasteiger partial charge in [-0.15, -0.1) is 0 Å². The number of β-amino-alcohol motifs (C(OH)–C–C–N with tert-alkyl or cyclic N) is 1. The van der Waals surface area contributed by atoms with Crippen molar-refractivity contribution in [3.63, 3.8) is 0 Å². The van der Waals surface area contributed by atoms with E-state index in [1.54, 1.807) is 0 Å². The van der Waals surface area contributed by atoms with Crippen LogP contribution in [-0.2, 0) is 6.54 Å². The van der Waals surface area contributed by atoms with Crippen molar-refractivity contribution in [3.05, 3.63) is 35.4 Å². The predicted octanol–water partition coefficient (Wildman–Crippen LogP) is 0.497. The van der Waals surface area contributed by atoms with Crippen LogP contribution in [0.15, 0.2) is 24.3 Å². The molecular weight excluding hydrogens is 262 g/mol. The van der Waals surface area contributed by atoms with Gasteiger partial charge in [-0.1, -0.05) is 24.0 Å². The molecule has 0 saturated carbocycles. The van der Waals surface area contributed by atoms with E-state index < -0.39 is 0 Å². The summed E-state index contributed by atoms with van der Waals surface area (Å²) in [6.45, 7) is 6.69. The summed E-state index contributed by atoms with van der Waals surface area (Å²) >= 11 is 0. The quantitative estimate of drug-likeness (QED) is 0.792. The Morgan fingerprint density at radius 3 is 2.76 bits per heavy atom. The second kappa shape index (κ2) is 8.81. The molecule has 1 aliphatic rings. The average molecular weight is 287 g/mol. The van der Waals surface area contributed by atoms with Crippen LogP contribution in [0, 0.1) is 11.8 Å². The second-order valence-corrected chi connectivity index (χ2v) is 5.40. The minimum absolute atomic E-state index is 0.252. The molecule has 1 aromatic carbocycles. The number of rotatable bonds is 4. The molecule has 1 fully saturated rings. The van der Waals surface area contributed by atoms with E-state index in [1.807, 2.05) is 6.07 Å². The van der Waals surface area contributed by atoms with E-state index in [9.17, 15) is 0 Å². The third-order valence-electron chi connectivity index (χ3n) is 3.77. The minimum Gasteiger partial charge on any atom is -0.395 e. The molecule has 0 bridgehead atoms. The Labute approximate surface area is 127 Å². The van der Waals surface area contributed by atoms with Gasteiger partial charge in [-0.3, -0.25) is 9.80 Å². The van der Waals surface area contributed by atoms with E-state index in [2.05, 4.69) is 39.8 Å². The summed E-state index contributed by atoms with van der Waals surface area (Å²) in [5.41, 5.74) is 7.75. The maximum atomic E-state index is 9.04. The van der Waals surface area contributed by atoms with Gasteiger partial charge in [-0.25, -0.2) is 0 Å². The first-order valence-electron chi connectivity index (χ1n) is 7.65. The van der Waals surface area contributed by atoms with Crippen LogP contribution in [0.5, 0.6) is 0 Å². The molecule has 114 valence electrons. The molecule has 3 N–H and O–H groups in total. The van der Waals surface area contributed by atoms with E-state index in [-0.39, 0.29) is 6.61 Å². The van der Waals surface area contributed by atoms with Crippen molar-refractivity contribution in [2.45, 2.75) is 13.0 Å². The zero-order chi connectivity index (χ0) is 14.9. The highest BCUT2D eigenvalue weighted by molar-refractivity contribution is 5.37. The van der Waals surface area contributed by atoms with Gasteiger partial charge in [0.15, 0.2) is 0 Å². The standard InChI is InChI=1S/C17H25N3O/c18-7-2-6-16-4-1-5-17(14-16)15-20-9-3-8-19(10-11-20)12-13-21/h1,4-5,14,21H,3,7-13,15,18H2. The van der Waals surface area contributed by atoms with E-state index in [4.69, 9.17) is 10.8 Å². The Kier molecular flexibility index (Phi) is 6.71. The SMILES string of the molecule is NCC#Cc1cccc(CN2CCCN(CCO)CC2)c1. The lowest BCUT2D eigenvalue weighted by Gasteiger charge is -2.21. The highest BCUT2D eigenvalue weighted by Gasteiger charge is 2.14. The summed E-state index contributed by atoms with van der Waals surface area (Å²) in [5, 5.41) is 9.04. The fourth-order valence-corrected chi connectivity index (χ4v) is 2.71. The van der Waals surface area contributed by atoms with Crippen LogP contribution in [-0.4, -0.2) is 60.8 Å². The lowest BCUT2D eigenvalue weighted by molar-refractivity contribution is 0.196. The summed E-state index contributed by atoms with van der Waals surface area (Å²) in [4.78, 5) is 4.82. The molecule has 0 radical (unpaired) electrons. The molecule has 0 spiro atoms. The number of aliphatic hydroxyl groups is 1. The topological polar surface area (TPSA) is 52.7 Å². The van der Waals surface area contributed by atoms with Crippen molar-refractivity contribution in [2.75, 3.05) is 45.9 Å². The molecule has 1 saturated heterocycles. The molecule has 4 nitrogen and oxygen atoms in total. The molecule has 0 amide bonds. The summed E-state index contributed by atoms with van der Waals surface area (Å²) in [6.07, 6.45) is 1.16. The number of benzene rings is 1. The Balaban J connectivity index is 1.92. The van der Waals surface area contributed by atoms with Crippen molar-refractivity contribution in [1.29, 1.82) is 0 Å². The van der Waals surface area contributed by atoms with Crippen LogP contribution in [0.1, 0.15) is 17.5 Å². The van der Waals surface area contributed by atoms with Crippen molar-refractivity contribution in [3.8, 4) is 11.8 Å². The zero-order valence-electron chi connectivity index (χ0n) is 12.6. The summed E-state index contributed by atoms with van der Waals surface area (Å²) in [6, 6.07) is 8.40. The van der Waals surface area contributed by atoms with E-state index >= 15 is 0 Å². The van der Waals surface area contributed by atoms with Gasteiger partial charge < -0.3 is 10.8 Å². The maximum absolute atomic E-state index is 9.04. The summed E-state index contributed by atoms with van der Waals surface area (Å²) in [7, 11) is 0. The molecule has 21 heavy (non-hydrogen) atoms. The number of nitrogens with zero attached hydrogens (tertiary/aromatic N) is 2. The molecular formula is C17H25N3O. The first kappa shape index (κ1) is 16.0. The van der Waals surface area contributed by atoms with Gasteiger partial charge in [0, 0.05) is 31.7 Å². The van der Waals surface area contributed by atoms with Crippen molar-refractivity contribution in [2.24, 2.45) is 5.73 Å². The van der Waals surface area contributed by atoms with Crippen LogP contribution in [0.2, 0.25) is 0 Å². The first-order chi connectivity index (χ1) is 10.3. The van der Waals surface area contributed by atoms with E-state index in [0.29, 0.717) is 6.54 Å². The zero-order valence-corrected chi connectivity index (χ0v) is 12.6. The Hall–Kier alpha value is -1.38. The third kappa shape index (κ3) is 5.49. The lowest BCUT2D eigenvalue weighted by atomic mass is 10.1. The number of hydrogen-bond acceptors (Lipinski definition) is 4. The fraction of sp³-hybridized carbons (Fsp3) is 0.529. The Morgan fingerprint density at radius 2 is 1.95 bits per heavy atom. The Bertz CT molecular complexity index is 492. The number of aliphatic hydroxyl groups excluding tert-OH is 1. The van der Waals surface area contributed by atoms with Crippen molar-refractivity contribution in [1.82, 2.24) is 9.80 Å². The van der Waals surface area contributed by atoms with Crippen molar-refractivity contribution >= 4 is 0 Å². The summed E-state index contributed by atoms with van der Waals surface area (Å²) in [5.74, 6) is 5.99. The van der Waals surface area contributed by atoms with Gasteiger partial charge in [0.05, 0.1) is 13.2 Å². The highest BCUT2D eigenvalue weighted by Crippen LogP contribution is 2.10. The maximum Gasteiger partial charge on any atom is 0.0558 e. The smallest absolute Gasteiger partial charge is 0.0558 e. The molecule has 0 unspecified atom stereocenters. The van der Waals surface area contributed by atoms with Gasteiger partial charge in [-0.05, 0) is 37.2 Å². The highest BCUT2D eigenvalue weighted by atomic mass is 16.3. The van der Waals surface area contributed by atoms with Crippen LogP contribution in [0.4, 0.5) is 0 Å². The van der Waals surface area contributed by atoms with Crippen LogP contribution >= 0.6 is 0 Å². The summed E-state index contributed by atoms with van der Waals surface area (Å²) < 4.78 is 0. The van der Waals surface area contributed by atoms with Gasteiger partial charge >= 0.3 is 0 Å². The third-order valence-corrected chi connectivity index (χ3v) is 3.77. The molecule has 0 aliphatic carbocycles. The first-order valence-corrected chi connectivity index (χ1v) is 7.65. The normalized spacial score (nSPS) is 17.0. The number of nitrogens with two attached hydrogens (primary N) is 1. The monoisotopic (exact) mass is 287 g/mol. The lowest BCUT2D eigenvalue weighted by Crippen LogP contribution is -2.32. The van der Waals surface area contributed by atoms with E-state index in [0.717, 1.165) is 51.3 Å². The number of hydrogen-bond donors (Lipinski definition) is 2. The van der Waals surface area contributed by atoms with Gasteiger partial charge in [0.25, 0.3) is 0 Å². The minimum atomic E-state index is 0.252. The van der Waals surface area contributed by atoms with Gasteiger partial charge in [0.1, 0.15) is 0 Å². The molecule has 1 aromatic rings. The molecule has 0 atom stereocenters. The fourth-order valence-electron chi connectivity index (χ4n) is 2.71. The largest absolute Gasteiger partial charge is 0.395 e. The van der Waals surface area contributed by atoms with Gasteiger partial charge in [-0.2, -0.15) is 0 Å². The van der Waals surface area contributed by atoms with Crippen molar-refractivity contribution < 1.29 is 5.11 Å². The molecule has 4 heteroatoms. The average Bonchev–Trinajstić information content (AvgIpc) is 2.72. The molecule has 2 rings (SSSR count). The van der Waals surface area contributed by atoms with Crippen LogP contribution < -0.4 is 5.73 Å². The molecule has 0 aromatic heterocycles. The molecule has 1 heterocycles. The van der Waals surface area contributed by atoms with Gasteiger partial charge in [0.2, 0.25) is 0 Å². The van der Waals surface area contributed by atoms with Crippen LogP contribution in [0.25, 0.3) is 0 Å². The predicted molar refractivity (Wildman–Crippen MR) is 85.8 cm³/mol.